The van der Waals surface area contributed by atoms with Crippen LogP contribution in [0.2, 0.25) is 5.15 Å². The lowest BCUT2D eigenvalue weighted by Crippen LogP contribution is -2.37. The second-order valence-electron chi connectivity index (χ2n) is 6.83. The summed E-state index contributed by atoms with van der Waals surface area (Å²) >= 11 is 6.00. The number of nitrogens with zero attached hydrogens (tertiary/aromatic N) is 3. The summed E-state index contributed by atoms with van der Waals surface area (Å²) < 4.78 is 51.0. The Kier molecular flexibility index (Phi) is 6.75. The molecule has 8 nitrogen and oxygen atoms in total. The molecule has 0 atom stereocenters. The summed E-state index contributed by atoms with van der Waals surface area (Å²) in [6, 6.07) is 3.11. The number of benzene rings is 1. The van der Waals surface area contributed by atoms with E-state index < -0.39 is 30.2 Å². The van der Waals surface area contributed by atoms with E-state index >= 15 is 0 Å². The molecule has 1 aliphatic rings. The minimum atomic E-state index is -4.58. The highest BCUT2D eigenvalue weighted by molar-refractivity contribution is 6.32. The molecule has 168 valence electrons. The predicted molar refractivity (Wildman–Crippen MR) is 106 cm³/mol. The number of hydrogen-bond donors (Lipinski definition) is 1. The summed E-state index contributed by atoms with van der Waals surface area (Å²) in [4.78, 5) is 26.4. The van der Waals surface area contributed by atoms with E-state index in [-0.39, 0.29) is 16.4 Å². The van der Waals surface area contributed by atoms with Crippen LogP contribution in [0, 0.1) is 6.92 Å². The Bertz CT molecular complexity index is 987. The van der Waals surface area contributed by atoms with E-state index in [0.29, 0.717) is 37.7 Å². The molecule has 1 aliphatic heterocycles. The summed E-state index contributed by atoms with van der Waals surface area (Å²) in [5.74, 6) is -1.65. The first-order valence-corrected chi connectivity index (χ1v) is 9.65. The van der Waals surface area contributed by atoms with Crippen LogP contribution in [-0.2, 0) is 27.5 Å². The van der Waals surface area contributed by atoms with E-state index in [2.05, 4.69) is 10.4 Å². The number of esters is 1. The molecule has 1 amide bonds. The fourth-order valence-electron chi connectivity index (χ4n) is 3.14. The third-order valence-corrected chi connectivity index (χ3v) is 5.07. The molecule has 12 heteroatoms. The number of aryl methyl sites for hydroxylation is 2. The highest BCUT2D eigenvalue weighted by Crippen LogP contribution is 2.35. The van der Waals surface area contributed by atoms with Crippen molar-refractivity contribution in [2.75, 3.05) is 43.1 Å². The van der Waals surface area contributed by atoms with Gasteiger partial charge in [-0.05, 0) is 25.1 Å². The minimum Gasteiger partial charge on any atom is -0.452 e. The van der Waals surface area contributed by atoms with Crippen molar-refractivity contribution in [1.82, 2.24) is 9.78 Å². The van der Waals surface area contributed by atoms with Gasteiger partial charge < -0.3 is 19.7 Å². The van der Waals surface area contributed by atoms with E-state index in [1.165, 1.54) is 10.7 Å². The van der Waals surface area contributed by atoms with Gasteiger partial charge in [0, 0.05) is 20.1 Å². The van der Waals surface area contributed by atoms with E-state index in [4.69, 9.17) is 21.1 Å². The van der Waals surface area contributed by atoms with Crippen LogP contribution in [0.25, 0.3) is 0 Å². The van der Waals surface area contributed by atoms with Gasteiger partial charge in [-0.2, -0.15) is 18.3 Å². The number of halogens is 4. The Morgan fingerprint density at radius 3 is 2.55 bits per heavy atom. The van der Waals surface area contributed by atoms with Crippen molar-refractivity contribution in [3.63, 3.8) is 0 Å². The molecule has 31 heavy (non-hydrogen) atoms. The number of morpholine rings is 1. The van der Waals surface area contributed by atoms with Crippen LogP contribution in [0.4, 0.5) is 24.5 Å². The number of hydrogen-bond acceptors (Lipinski definition) is 6. The summed E-state index contributed by atoms with van der Waals surface area (Å²) in [7, 11) is 1.54. The Balaban J connectivity index is 1.75. The second-order valence-corrected chi connectivity index (χ2v) is 7.19. The van der Waals surface area contributed by atoms with Gasteiger partial charge >= 0.3 is 12.1 Å². The zero-order valence-electron chi connectivity index (χ0n) is 16.8. The molecule has 1 saturated heterocycles. The Hall–Kier alpha value is -2.79. The highest BCUT2D eigenvalue weighted by atomic mass is 35.5. The number of nitrogens with one attached hydrogen (secondary N) is 1. The van der Waals surface area contributed by atoms with Gasteiger partial charge in [0.2, 0.25) is 0 Å². The summed E-state index contributed by atoms with van der Waals surface area (Å²) in [6.07, 6.45) is -4.58. The number of carbonyl (C=O) groups is 2. The third kappa shape index (κ3) is 5.28. The first-order chi connectivity index (χ1) is 14.6. The standard InChI is InChI=1S/C19H20ClF3N4O4/c1-11-16(17(20)26(2)25-11)18(29)31-10-15(28)24-13-9-12(19(21,22)23)3-4-14(13)27-5-7-30-8-6-27/h3-4,9H,5-8,10H2,1-2H3,(H,24,28). The normalized spacial score (nSPS) is 14.5. The molecule has 0 radical (unpaired) electrons. The van der Waals surface area contributed by atoms with Crippen molar-refractivity contribution in [3.05, 3.63) is 40.2 Å². The molecule has 0 spiro atoms. The van der Waals surface area contributed by atoms with Gasteiger partial charge in [0.1, 0.15) is 10.7 Å². The van der Waals surface area contributed by atoms with Gasteiger partial charge in [-0.15, -0.1) is 0 Å². The summed E-state index contributed by atoms with van der Waals surface area (Å²) in [5, 5.41) is 6.44. The van der Waals surface area contributed by atoms with Crippen molar-refractivity contribution >= 4 is 34.9 Å². The van der Waals surface area contributed by atoms with Gasteiger partial charge in [0.25, 0.3) is 5.91 Å². The van der Waals surface area contributed by atoms with Crippen molar-refractivity contribution in [2.24, 2.45) is 7.05 Å². The number of aromatic nitrogens is 2. The minimum absolute atomic E-state index is 0.0186. The quantitative estimate of drug-likeness (QED) is 0.690. The number of carbonyl (C=O) groups excluding carboxylic acids is 2. The lowest BCUT2D eigenvalue weighted by Gasteiger charge is -2.31. The topological polar surface area (TPSA) is 85.7 Å². The zero-order valence-corrected chi connectivity index (χ0v) is 17.5. The second kappa shape index (κ2) is 9.15. The molecule has 0 aliphatic carbocycles. The molecule has 1 aromatic heterocycles. The number of ether oxygens (including phenoxy) is 2. The third-order valence-electron chi connectivity index (χ3n) is 4.64. The van der Waals surface area contributed by atoms with Crippen molar-refractivity contribution < 1.29 is 32.2 Å². The Morgan fingerprint density at radius 1 is 1.29 bits per heavy atom. The van der Waals surface area contributed by atoms with Gasteiger partial charge in [-0.1, -0.05) is 11.6 Å². The van der Waals surface area contributed by atoms with E-state index in [0.717, 1.165) is 12.1 Å². The molecular formula is C19H20ClF3N4O4. The van der Waals surface area contributed by atoms with Crippen LogP contribution in [0.15, 0.2) is 18.2 Å². The van der Waals surface area contributed by atoms with Gasteiger partial charge in [0.05, 0.1) is 35.8 Å². The van der Waals surface area contributed by atoms with Crippen LogP contribution in [-0.4, -0.2) is 54.6 Å². The number of anilines is 2. The number of alkyl halides is 3. The van der Waals surface area contributed by atoms with E-state index in [9.17, 15) is 22.8 Å². The van der Waals surface area contributed by atoms with Crippen LogP contribution in [0.5, 0.6) is 0 Å². The van der Waals surface area contributed by atoms with E-state index in [1.54, 1.807) is 14.0 Å². The zero-order chi connectivity index (χ0) is 22.8. The molecule has 1 fully saturated rings. The SMILES string of the molecule is Cc1nn(C)c(Cl)c1C(=O)OCC(=O)Nc1cc(C(F)(F)F)ccc1N1CCOCC1. The smallest absolute Gasteiger partial charge is 0.416 e. The molecule has 1 aromatic carbocycles. The van der Waals surface area contributed by atoms with Crippen molar-refractivity contribution in [3.8, 4) is 0 Å². The molecule has 3 rings (SSSR count). The molecule has 2 heterocycles. The lowest BCUT2D eigenvalue weighted by atomic mass is 10.1. The Labute approximate surface area is 180 Å². The fraction of sp³-hybridized carbons (Fsp3) is 0.421. The van der Waals surface area contributed by atoms with Gasteiger partial charge in [-0.3, -0.25) is 9.48 Å². The first-order valence-electron chi connectivity index (χ1n) is 9.28. The molecule has 0 saturated carbocycles. The maximum atomic E-state index is 13.2. The predicted octanol–water partition coefficient (Wildman–Crippen LogP) is 3.03. The van der Waals surface area contributed by atoms with Gasteiger partial charge in [-0.25, -0.2) is 4.79 Å². The summed E-state index contributed by atoms with van der Waals surface area (Å²) in [5.41, 5.74) is -0.180. The largest absolute Gasteiger partial charge is 0.452 e. The van der Waals surface area contributed by atoms with Gasteiger partial charge in [0.15, 0.2) is 6.61 Å². The van der Waals surface area contributed by atoms with Crippen LogP contribution in [0.1, 0.15) is 21.6 Å². The number of amides is 1. The lowest BCUT2D eigenvalue weighted by molar-refractivity contribution is -0.137. The Morgan fingerprint density at radius 2 is 1.97 bits per heavy atom. The molecule has 0 bridgehead atoms. The monoisotopic (exact) mass is 460 g/mol. The average Bonchev–Trinajstić information content (AvgIpc) is 2.97. The summed E-state index contributed by atoms with van der Waals surface area (Å²) in [6.45, 7) is 2.60. The number of rotatable bonds is 5. The van der Waals surface area contributed by atoms with Crippen molar-refractivity contribution in [1.29, 1.82) is 0 Å². The van der Waals surface area contributed by atoms with Crippen molar-refractivity contribution in [2.45, 2.75) is 13.1 Å². The molecule has 0 unspecified atom stereocenters. The van der Waals surface area contributed by atoms with Crippen LogP contribution < -0.4 is 10.2 Å². The molecular weight excluding hydrogens is 441 g/mol. The average molecular weight is 461 g/mol. The fourth-order valence-corrected chi connectivity index (χ4v) is 3.40. The van der Waals surface area contributed by atoms with Crippen LogP contribution >= 0.6 is 11.6 Å². The highest BCUT2D eigenvalue weighted by Gasteiger charge is 2.32. The maximum Gasteiger partial charge on any atom is 0.416 e. The van der Waals surface area contributed by atoms with E-state index in [1.807, 2.05) is 4.90 Å². The maximum absolute atomic E-state index is 13.2. The molecule has 1 N–H and O–H groups in total. The molecule has 2 aromatic rings. The first kappa shape index (κ1) is 22.9. The van der Waals surface area contributed by atoms with Crippen LogP contribution in [0.3, 0.4) is 0 Å².